The summed E-state index contributed by atoms with van der Waals surface area (Å²) >= 11 is 0. The first-order valence-electron chi connectivity index (χ1n) is 12.4. The highest BCUT2D eigenvalue weighted by atomic mass is 32.2. The lowest BCUT2D eigenvalue weighted by molar-refractivity contribution is -0.128. The van der Waals surface area contributed by atoms with Gasteiger partial charge in [0, 0.05) is 19.0 Å². The minimum Gasteiger partial charge on any atom is -0.477 e. The number of rotatable bonds is 9. The van der Waals surface area contributed by atoms with Gasteiger partial charge in [-0.05, 0) is 54.7 Å². The molecule has 3 aromatic rings. The highest BCUT2D eigenvalue weighted by Gasteiger charge is 2.33. The van der Waals surface area contributed by atoms with Gasteiger partial charge in [0.25, 0.3) is 5.91 Å². The van der Waals surface area contributed by atoms with Gasteiger partial charge in [0.05, 0.1) is 17.1 Å². The third-order valence-corrected chi connectivity index (χ3v) is 7.97. The van der Waals surface area contributed by atoms with Crippen molar-refractivity contribution in [2.45, 2.75) is 49.3 Å². The zero-order valence-corrected chi connectivity index (χ0v) is 21.1. The number of nitrogens with one attached hydrogen (secondary N) is 2. The highest BCUT2D eigenvalue weighted by molar-refractivity contribution is 7.89. The molecular formula is C28H29N3O5S. The molecule has 5 rings (SSSR count). The van der Waals surface area contributed by atoms with E-state index in [9.17, 15) is 18.0 Å². The SMILES string of the molecule is O=C(NCc1ccccc1)C1CN(C(=O)CCc2ccc(S(=O)(=O)NC3CC3)cc2)c2ccccc2O1. The molecule has 0 aromatic heterocycles. The number of amides is 2. The first-order valence-corrected chi connectivity index (χ1v) is 13.9. The summed E-state index contributed by atoms with van der Waals surface area (Å²) in [7, 11) is -3.51. The first kappa shape index (κ1) is 25.0. The Balaban J connectivity index is 1.22. The summed E-state index contributed by atoms with van der Waals surface area (Å²) in [6, 6.07) is 23.4. The molecule has 1 aliphatic heterocycles. The summed E-state index contributed by atoms with van der Waals surface area (Å²) in [5, 5.41) is 2.89. The van der Waals surface area contributed by atoms with E-state index in [1.807, 2.05) is 36.4 Å². The molecule has 192 valence electrons. The number of hydrogen-bond donors (Lipinski definition) is 2. The number of fused-ring (bicyclic) bond motifs is 1. The second-order valence-electron chi connectivity index (χ2n) is 9.32. The number of anilines is 1. The lowest BCUT2D eigenvalue weighted by Gasteiger charge is -2.34. The summed E-state index contributed by atoms with van der Waals surface area (Å²) < 4.78 is 33.4. The zero-order chi connectivity index (χ0) is 25.8. The molecule has 1 unspecified atom stereocenters. The van der Waals surface area contributed by atoms with Crippen molar-refractivity contribution in [1.29, 1.82) is 0 Å². The first-order chi connectivity index (χ1) is 17.9. The molecule has 2 amide bonds. The number of carbonyl (C=O) groups is 2. The van der Waals surface area contributed by atoms with E-state index < -0.39 is 16.1 Å². The molecule has 9 heteroatoms. The van der Waals surface area contributed by atoms with Gasteiger partial charge in [-0.1, -0.05) is 54.6 Å². The van der Waals surface area contributed by atoms with Gasteiger partial charge in [0.1, 0.15) is 5.75 Å². The van der Waals surface area contributed by atoms with Gasteiger partial charge in [-0.3, -0.25) is 9.59 Å². The van der Waals surface area contributed by atoms with Crippen LogP contribution in [0.5, 0.6) is 5.75 Å². The van der Waals surface area contributed by atoms with Crippen LogP contribution >= 0.6 is 0 Å². The second kappa shape index (κ2) is 10.7. The lowest BCUT2D eigenvalue weighted by atomic mass is 10.1. The van der Waals surface area contributed by atoms with Gasteiger partial charge in [0.15, 0.2) is 6.10 Å². The van der Waals surface area contributed by atoms with Gasteiger partial charge in [0.2, 0.25) is 15.9 Å². The van der Waals surface area contributed by atoms with Crippen LogP contribution in [-0.4, -0.2) is 38.9 Å². The molecule has 0 saturated heterocycles. The molecule has 2 aliphatic rings. The van der Waals surface area contributed by atoms with E-state index in [-0.39, 0.29) is 35.7 Å². The standard InChI is InChI=1S/C28H29N3O5S/c32-27(17-12-20-10-15-23(16-11-20)37(34,35)30-22-13-14-22)31-19-26(36-25-9-5-4-8-24(25)31)28(33)29-18-21-6-2-1-3-7-21/h1-11,15-16,22,26,30H,12-14,17-19H2,(H,29,33). The number of carbonyl (C=O) groups excluding carboxylic acids is 2. The van der Waals surface area contributed by atoms with E-state index in [1.54, 1.807) is 47.4 Å². The molecule has 3 aromatic carbocycles. The monoisotopic (exact) mass is 519 g/mol. The van der Waals surface area contributed by atoms with Crippen molar-refractivity contribution in [3.8, 4) is 5.75 Å². The van der Waals surface area contributed by atoms with Crippen molar-refractivity contribution in [2.75, 3.05) is 11.4 Å². The van der Waals surface area contributed by atoms with Gasteiger partial charge in [-0.15, -0.1) is 0 Å². The molecular weight excluding hydrogens is 490 g/mol. The summed E-state index contributed by atoms with van der Waals surface area (Å²) in [6.45, 7) is 0.484. The maximum Gasteiger partial charge on any atom is 0.263 e. The number of sulfonamides is 1. The highest BCUT2D eigenvalue weighted by Crippen LogP contribution is 2.33. The van der Waals surface area contributed by atoms with Gasteiger partial charge < -0.3 is 15.0 Å². The Kier molecular flexibility index (Phi) is 7.25. The van der Waals surface area contributed by atoms with Crippen molar-refractivity contribution in [3.05, 3.63) is 90.0 Å². The van der Waals surface area contributed by atoms with Crippen LogP contribution in [0.4, 0.5) is 5.69 Å². The minimum atomic E-state index is -3.51. The molecule has 2 N–H and O–H groups in total. The fraction of sp³-hybridized carbons (Fsp3) is 0.286. The summed E-state index contributed by atoms with van der Waals surface area (Å²) in [4.78, 5) is 28.0. The van der Waals surface area contributed by atoms with E-state index in [0.29, 0.717) is 24.4 Å². The maximum absolute atomic E-state index is 13.3. The molecule has 1 saturated carbocycles. The average Bonchev–Trinajstić information content (AvgIpc) is 3.74. The van der Waals surface area contributed by atoms with Crippen molar-refractivity contribution >= 4 is 27.5 Å². The van der Waals surface area contributed by atoms with Gasteiger partial charge in [-0.2, -0.15) is 0 Å². The van der Waals surface area contributed by atoms with Crippen LogP contribution in [0, 0.1) is 0 Å². The van der Waals surface area contributed by atoms with Crippen molar-refractivity contribution in [1.82, 2.24) is 10.0 Å². The number of hydrogen-bond acceptors (Lipinski definition) is 5. The summed E-state index contributed by atoms with van der Waals surface area (Å²) in [6.07, 6.45) is 1.57. The minimum absolute atomic E-state index is 0.0444. The Morgan fingerprint density at radius 3 is 2.32 bits per heavy atom. The Labute approximate surface area is 216 Å². The van der Waals surface area contributed by atoms with Crippen LogP contribution in [-0.2, 0) is 32.6 Å². The van der Waals surface area contributed by atoms with E-state index in [1.165, 1.54) is 0 Å². The molecule has 1 heterocycles. The number of para-hydroxylation sites is 2. The zero-order valence-electron chi connectivity index (χ0n) is 20.3. The predicted octanol–water partition coefficient (Wildman–Crippen LogP) is 3.17. The Hall–Kier alpha value is -3.69. The van der Waals surface area contributed by atoms with Crippen molar-refractivity contribution < 1.29 is 22.7 Å². The Morgan fingerprint density at radius 2 is 1.59 bits per heavy atom. The van der Waals surface area contributed by atoms with Gasteiger partial charge >= 0.3 is 0 Å². The number of aryl methyl sites for hydroxylation is 1. The van der Waals surface area contributed by atoms with Crippen LogP contribution < -0.4 is 19.7 Å². The van der Waals surface area contributed by atoms with Crippen molar-refractivity contribution in [3.63, 3.8) is 0 Å². The average molecular weight is 520 g/mol. The molecule has 1 atom stereocenters. The van der Waals surface area contributed by atoms with E-state index in [4.69, 9.17) is 4.74 Å². The fourth-order valence-electron chi connectivity index (χ4n) is 4.22. The molecule has 1 fully saturated rings. The third-order valence-electron chi connectivity index (χ3n) is 6.44. The van der Waals surface area contributed by atoms with Crippen LogP contribution in [0.1, 0.15) is 30.4 Å². The van der Waals surface area contributed by atoms with Crippen molar-refractivity contribution in [2.24, 2.45) is 0 Å². The van der Waals surface area contributed by atoms with E-state index >= 15 is 0 Å². The number of benzene rings is 3. The Bertz CT molecular complexity index is 1370. The fourth-order valence-corrected chi connectivity index (χ4v) is 5.52. The largest absolute Gasteiger partial charge is 0.477 e. The van der Waals surface area contributed by atoms with Crippen LogP contribution in [0.3, 0.4) is 0 Å². The normalized spacial score (nSPS) is 17.0. The second-order valence-corrected chi connectivity index (χ2v) is 11.0. The van der Waals surface area contributed by atoms with Gasteiger partial charge in [-0.25, -0.2) is 13.1 Å². The number of nitrogens with zero attached hydrogens (tertiary/aromatic N) is 1. The predicted molar refractivity (Wildman–Crippen MR) is 140 cm³/mol. The molecule has 1 aliphatic carbocycles. The quantitative estimate of drug-likeness (QED) is 0.452. The molecule has 0 radical (unpaired) electrons. The molecule has 37 heavy (non-hydrogen) atoms. The topological polar surface area (TPSA) is 105 Å². The smallest absolute Gasteiger partial charge is 0.263 e. The third kappa shape index (κ3) is 6.18. The molecule has 0 bridgehead atoms. The van der Waals surface area contributed by atoms with Crippen LogP contribution in [0.25, 0.3) is 0 Å². The van der Waals surface area contributed by atoms with Crippen LogP contribution in [0.2, 0.25) is 0 Å². The summed E-state index contributed by atoms with van der Waals surface area (Å²) in [5.41, 5.74) is 2.46. The Morgan fingerprint density at radius 1 is 0.892 bits per heavy atom. The van der Waals surface area contributed by atoms with Crippen LogP contribution in [0.15, 0.2) is 83.8 Å². The lowest BCUT2D eigenvalue weighted by Crippen LogP contribution is -2.50. The maximum atomic E-state index is 13.3. The van der Waals surface area contributed by atoms with E-state index in [2.05, 4.69) is 10.0 Å². The van der Waals surface area contributed by atoms with E-state index in [0.717, 1.165) is 24.0 Å². The molecule has 0 spiro atoms. The molecule has 8 nitrogen and oxygen atoms in total. The summed E-state index contributed by atoms with van der Waals surface area (Å²) in [5.74, 6) is 0.0659. The number of ether oxygens (including phenoxy) is 1.